The fraction of sp³-hybridized carbons (Fsp3) is 0.500. The van der Waals surface area contributed by atoms with E-state index in [9.17, 15) is 0 Å². The molecular weight excluding hydrogens is 214 g/mol. The van der Waals surface area contributed by atoms with Gasteiger partial charge in [0.2, 0.25) is 0 Å². The molecule has 2 aliphatic rings. The van der Waals surface area contributed by atoms with Crippen LogP contribution in [0.25, 0.3) is 0 Å². The van der Waals surface area contributed by atoms with Gasteiger partial charge in [-0.3, -0.25) is 0 Å². The van der Waals surface area contributed by atoms with Crippen molar-refractivity contribution in [1.29, 1.82) is 0 Å². The molecule has 1 heterocycles. The second kappa shape index (κ2) is 3.85. The molecule has 0 aromatic heterocycles. The van der Waals surface area contributed by atoms with Crippen molar-refractivity contribution in [3.8, 4) is 0 Å². The lowest BCUT2D eigenvalue weighted by molar-refractivity contribution is 0.344. The highest BCUT2D eigenvalue weighted by Crippen LogP contribution is 2.39. The molecule has 0 amide bonds. The SMILES string of the molecule is CC1CCN(C2CCc3ccccc32)C1=S. The Kier molecular flexibility index (Phi) is 2.47. The van der Waals surface area contributed by atoms with Gasteiger partial charge in [0.15, 0.2) is 0 Å². The molecule has 3 rings (SSSR count). The predicted molar refractivity (Wildman–Crippen MR) is 70.6 cm³/mol. The molecule has 0 spiro atoms. The van der Waals surface area contributed by atoms with E-state index < -0.39 is 0 Å². The zero-order valence-electron chi connectivity index (χ0n) is 9.65. The molecule has 84 valence electrons. The van der Waals surface area contributed by atoms with Crippen LogP contribution in [0.4, 0.5) is 0 Å². The Labute approximate surface area is 102 Å². The number of hydrogen-bond acceptors (Lipinski definition) is 1. The van der Waals surface area contributed by atoms with Crippen molar-refractivity contribution in [2.75, 3.05) is 6.54 Å². The summed E-state index contributed by atoms with van der Waals surface area (Å²) in [5.74, 6) is 0.600. The molecule has 16 heavy (non-hydrogen) atoms. The molecule has 2 unspecified atom stereocenters. The molecule has 0 radical (unpaired) electrons. The van der Waals surface area contributed by atoms with Crippen LogP contribution in [0, 0.1) is 5.92 Å². The van der Waals surface area contributed by atoms with Crippen LogP contribution in [-0.2, 0) is 6.42 Å². The quantitative estimate of drug-likeness (QED) is 0.682. The number of benzene rings is 1. The number of likely N-dealkylation sites (tertiary alicyclic amines) is 1. The lowest BCUT2D eigenvalue weighted by Gasteiger charge is -2.27. The van der Waals surface area contributed by atoms with E-state index in [1.807, 2.05) is 0 Å². The molecular formula is C14H17NS. The van der Waals surface area contributed by atoms with Crippen LogP contribution in [0.5, 0.6) is 0 Å². The van der Waals surface area contributed by atoms with E-state index in [0.717, 1.165) is 6.54 Å². The molecule has 1 aromatic rings. The monoisotopic (exact) mass is 231 g/mol. The molecule has 1 aliphatic heterocycles. The summed E-state index contributed by atoms with van der Waals surface area (Å²) >= 11 is 5.55. The predicted octanol–water partition coefficient (Wildman–Crippen LogP) is 3.34. The lowest BCUT2D eigenvalue weighted by atomic mass is 10.1. The molecule has 0 saturated carbocycles. The fourth-order valence-electron chi connectivity index (χ4n) is 3.02. The first kappa shape index (κ1) is 10.3. The topological polar surface area (TPSA) is 3.24 Å². The standard InChI is InChI=1S/C14H17NS/c1-10-8-9-15(14(10)16)13-7-6-11-4-2-3-5-12(11)13/h2-5,10,13H,6-9H2,1H3. The van der Waals surface area contributed by atoms with Crippen molar-refractivity contribution in [3.63, 3.8) is 0 Å². The fourth-order valence-corrected chi connectivity index (χ4v) is 3.35. The van der Waals surface area contributed by atoms with Gasteiger partial charge in [-0.25, -0.2) is 0 Å². The number of aryl methyl sites for hydroxylation is 1. The second-order valence-electron chi connectivity index (χ2n) is 4.97. The maximum absolute atomic E-state index is 5.55. The van der Waals surface area contributed by atoms with Gasteiger partial charge in [-0.2, -0.15) is 0 Å². The van der Waals surface area contributed by atoms with E-state index in [1.165, 1.54) is 35.4 Å². The summed E-state index contributed by atoms with van der Waals surface area (Å²) < 4.78 is 0. The lowest BCUT2D eigenvalue weighted by Crippen LogP contribution is -2.28. The third-order valence-electron chi connectivity index (χ3n) is 3.99. The van der Waals surface area contributed by atoms with Gasteiger partial charge in [0.1, 0.15) is 0 Å². The number of fused-ring (bicyclic) bond motifs is 1. The van der Waals surface area contributed by atoms with E-state index >= 15 is 0 Å². The Morgan fingerprint density at radius 2 is 2.06 bits per heavy atom. The first-order valence-corrected chi connectivity index (χ1v) is 6.56. The summed E-state index contributed by atoms with van der Waals surface area (Å²) in [6, 6.07) is 9.40. The van der Waals surface area contributed by atoms with Crippen molar-refractivity contribution >= 4 is 17.2 Å². The summed E-state index contributed by atoms with van der Waals surface area (Å²) in [5.41, 5.74) is 3.04. The van der Waals surface area contributed by atoms with Gasteiger partial charge in [0.25, 0.3) is 0 Å². The van der Waals surface area contributed by atoms with E-state index in [4.69, 9.17) is 12.2 Å². The molecule has 2 heteroatoms. The van der Waals surface area contributed by atoms with E-state index in [1.54, 1.807) is 0 Å². The highest BCUT2D eigenvalue weighted by Gasteiger charge is 2.34. The molecule has 2 atom stereocenters. The Morgan fingerprint density at radius 3 is 2.81 bits per heavy atom. The number of rotatable bonds is 1. The maximum atomic E-state index is 5.55. The molecule has 0 N–H and O–H groups in total. The largest absolute Gasteiger partial charge is 0.359 e. The van der Waals surface area contributed by atoms with E-state index in [-0.39, 0.29) is 0 Å². The zero-order chi connectivity index (χ0) is 11.1. The van der Waals surface area contributed by atoms with Gasteiger partial charge in [-0.05, 0) is 30.4 Å². The molecule has 1 aromatic carbocycles. The summed E-state index contributed by atoms with van der Waals surface area (Å²) in [6.07, 6.45) is 3.69. The van der Waals surface area contributed by atoms with Crippen molar-refractivity contribution in [2.45, 2.75) is 32.2 Å². The molecule has 0 bridgehead atoms. The van der Waals surface area contributed by atoms with Crippen LogP contribution in [0.2, 0.25) is 0 Å². The highest BCUT2D eigenvalue weighted by atomic mass is 32.1. The maximum Gasteiger partial charge on any atom is 0.0813 e. The van der Waals surface area contributed by atoms with Crippen LogP contribution in [0.15, 0.2) is 24.3 Å². The first-order valence-electron chi connectivity index (χ1n) is 6.15. The minimum absolute atomic E-state index is 0.564. The van der Waals surface area contributed by atoms with Crippen LogP contribution >= 0.6 is 12.2 Å². The van der Waals surface area contributed by atoms with Crippen LogP contribution in [0.1, 0.15) is 36.9 Å². The van der Waals surface area contributed by atoms with Crippen LogP contribution in [0.3, 0.4) is 0 Å². The number of nitrogens with zero attached hydrogens (tertiary/aromatic N) is 1. The Hall–Kier alpha value is -0.890. The third kappa shape index (κ3) is 1.47. The molecule has 1 saturated heterocycles. The summed E-state index contributed by atoms with van der Waals surface area (Å²) in [5, 5.41) is 0. The number of thiocarbonyl (C=S) groups is 1. The smallest absolute Gasteiger partial charge is 0.0813 e. The Balaban J connectivity index is 1.91. The highest BCUT2D eigenvalue weighted by molar-refractivity contribution is 7.80. The van der Waals surface area contributed by atoms with Crippen molar-refractivity contribution < 1.29 is 0 Å². The van der Waals surface area contributed by atoms with Crippen LogP contribution < -0.4 is 0 Å². The normalized spacial score (nSPS) is 28.6. The van der Waals surface area contributed by atoms with Crippen molar-refractivity contribution in [3.05, 3.63) is 35.4 Å². The Morgan fingerprint density at radius 1 is 1.25 bits per heavy atom. The van der Waals surface area contributed by atoms with Gasteiger partial charge in [0.05, 0.1) is 11.0 Å². The van der Waals surface area contributed by atoms with Gasteiger partial charge in [0, 0.05) is 12.5 Å². The minimum Gasteiger partial charge on any atom is -0.359 e. The zero-order valence-corrected chi connectivity index (χ0v) is 10.5. The first-order chi connectivity index (χ1) is 7.77. The van der Waals surface area contributed by atoms with Gasteiger partial charge in [-0.15, -0.1) is 0 Å². The second-order valence-corrected chi connectivity index (χ2v) is 5.39. The molecule has 1 aliphatic carbocycles. The summed E-state index contributed by atoms with van der Waals surface area (Å²) in [4.78, 5) is 3.65. The third-order valence-corrected chi connectivity index (χ3v) is 4.62. The van der Waals surface area contributed by atoms with Gasteiger partial charge >= 0.3 is 0 Å². The number of hydrogen-bond donors (Lipinski definition) is 0. The van der Waals surface area contributed by atoms with Gasteiger partial charge in [-0.1, -0.05) is 43.4 Å². The molecule has 1 fully saturated rings. The average Bonchev–Trinajstić information content (AvgIpc) is 2.85. The molecule has 1 nitrogen and oxygen atoms in total. The van der Waals surface area contributed by atoms with E-state index in [2.05, 4.69) is 36.1 Å². The van der Waals surface area contributed by atoms with Crippen molar-refractivity contribution in [2.24, 2.45) is 5.92 Å². The minimum atomic E-state index is 0.564. The Bertz CT molecular complexity index is 426. The van der Waals surface area contributed by atoms with Gasteiger partial charge < -0.3 is 4.90 Å². The summed E-state index contributed by atoms with van der Waals surface area (Å²) in [6.45, 7) is 3.40. The van der Waals surface area contributed by atoms with E-state index in [0.29, 0.717) is 12.0 Å². The summed E-state index contributed by atoms with van der Waals surface area (Å²) in [7, 11) is 0. The van der Waals surface area contributed by atoms with Crippen molar-refractivity contribution in [1.82, 2.24) is 4.90 Å². The van der Waals surface area contributed by atoms with Crippen LogP contribution in [-0.4, -0.2) is 16.4 Å². The average molecular weight is 231 g/mol.